The maximum Gasteiger partial charge on any atom is 0.325 e. The Hall–Kier alpha value is -6.32. The highest BCUT2D eigenvalue weighted by Crippen LogP contribution is 2.36. The minimum Gasteiger partial charge on any atom is -0.497 e. The number of fused-ring (bicyclic) bond motifs is 1. The topological polar surface area (TPSA) is 133 Å². The van der Waals surface area contributed by atoms with Crippen molar-refractivity contribution >= 4 is 29.7 Å². The van der Waals surface area contributed by atoms with Gasteiger partial charge in [-0.2, -0.15) is 4.98 Å². The number of carbonyl (C=O) groups is 2. The van der Waals surface area contributed by atoms with E-state index in [2.05, 4.69) is 21.7 Å². The summed E-state index contributed by atoms with van der Waals surface area (Å²) in [6, 6.07) is 23.7. The number of hydrogen-bond donors (Lipinski definition) is 0. The molecule has 0 unspecified atom stereocenters. The van der Waals surface area contributed by atoms with Crippen LogP contribution >= 0.6 is 0 Å². The van der Waals surface area contributed by atoms with E-state index in [1.807, 2.05) is 97.1 Å². The predicted molar refractivity (Wildman–Crippen MR) is 235 cm³/mol. The number of aromatic nitrogens is 4. The van der Waals surface area contributed by atoms with Crippen LogP contribution < -0.4 is 24.2 Å². The van der Waals surface area contributed by atoms with Crippen LogP contribution in [0.4, 0.5) is 22.5 Å². The molecule has 2 fully saturated rings. The fourth-order valence-corrected chi connectivity index (χ4v) is 7.88. The van der Waals surface area contributed by atoms with Crippen LogP contribution in [0.25, 0.3) is 11.3 Å². The first-order valence-corrected chi connectivity index (χ1v) is 20.9. The summed E-state index contributed by atoms with van der Waals surface area (Å²) < 4.78 is 16.4. The summed E-state index contributed by atoms with van der Waals surface area (Å²) in [6.07, 6.45) is 4.89. The molecule has 3 aromatic carbocycles. The summed E-state index contributed by atoms with van der Waals surface area (Å²) in [4.78, 5) is 59.1. The second-order valence-corrected chi connectivity index (χ2v) is 15.7. The molecule has 0 atom stereocenters. The molecule has 15 heteroatoms. The first-order chi connectivity index (χ1) is 29.8. The number of ether oxygens (including phenoxy) is 3. The molecule has 2 saturated heterocycles. The van der Waals surface area contributed by atoms with Crippen molar-refractivity contribution in [1.29, 1.82) is 0 Å². The number of morpholine rings is 1. The van der Waals surface area contributed by atoms with Gasteiger partial charge in [-0.3, -0.25) is 9.69 Å². The van der Waals surface area contributed by atoms with Crippen molar-refractivity contribution in [3.63, 3.8) is 0 Å². The van der Waals surface area contributed by atoms with Crippen LogP contribution in [0, 0.1) is 0 Å². The Morgan fingerprint density at radius 2 is 1.33 bits per heavy atom. The molecule has 0 N–H and O–H groups in total. The minimum atomic E-state index is -0.127. The SMILES string of the molecule is COc1ccc(CN(Cc2ccc(OC)cc2)c2ncc(-c3nc(N4CCOCC4)nc4c3CCN4C(=O)N(C)CCc3ccc(C(=O)N4CCN(C)CC4)cc3)cn2)cc1. The van der Waals surface area contributed by atoms with Crippen molar-refractivity contribution in [2.24, 2.45) is 0 Å². The lowest BCUT2D eigenvalue weighted by atomic mass is 10.1. The Morgan fingerprint density at radius 1 is 0.738 bits per heavy atom. The summed E-state index contributed by atoms with van der Waals surface area (Å²) in [5, 5.41) is 0. The quantitative estimate of drug-likeness (QED) is 0.158. The highest BCUT2D eigenvalue weighted by molar-refractivity contribution is 5.95. The average molecular weight is 827 g/mol. The van der Waals surface area contributed by atoms with Crippen molar-refractivity contribution in [2.45, 2.75) is 25.9 Å². The molecule has 0 aliphatic carbocycles. The molecule has 0 saturated carbocycles. The van der Waals surface area contributed by atoms with Crippen molar-refractivity contribution in [1.82, 2.24) is 34.6 Å². The van der Waals surface area contributed by atoms with Gasteiger partial charge in [0.25, 0.3) is 5.91 Å². The van der Waals surface area contributed by atoms with Crippen molar-refractivity contribution in [3.8, 4) is 22.8 Å². The molecule has 15 nitrogen and oxygen atoms in total. The number of urea groups is 1. The lowest BCUT2D eigenvalue weighted by Crippen LogP contribution is -2.47. The highest BCUT2D eigenvalue weighted by atomic mass is 16.5. The third-order valence-corrected chi connectivity index (χ3v) is 11.7. The Bertz CT molecular complexity index is 2210. The zero-order valence-corrected chi connectivity index (χ0v) is 35.5. The molecule has 0 spiro atoms. The Morgan fingerprint density at radius 3 is 1.92 bits per heavy atom. The average Bonchev–Trinajstić information content (AvgIpc) is 3.75. The van der Waals surface area contributed by atoms with E-state index in [4.69, 9.17) is 34.1 Å². The van der Waals surface area contributed by atoms with Crippen LogP contribution in [0.3, 0.4) is 0 Å². The number of rotatable bonds is 13. The molecule has 3 amide bonds. The van der Waals surface area contributed by atoms with Gasteiger partial charge in [0.2, 0.25) is 11.9 Å². The van der Waals surface area contributed by atoms with E-state index in [-0.39, 0.29) is 11.9 Å². The first-order valence-electron chi connectivity index (χ1n) is 20.9. The lowest BCUT2D eigenvalue weighted by molar-refractivity contribution is 0.0664. The van der Waals surface area contributed by atoms with Gasteiger partial charge in [0.1, 0.15) is 17.3 Å². The zero-order valence-electron chi connectivity index (χ0n) is 35.5. The van der Waals surface area contributed by atoms with E-state index in [9.17, 15) is 9.59 Å². The van der Waals surface area contributed by atoms with Gasteiger partial charge in [-0.25, -0.2) is 19.7 Å². The molecule has 5 heterocycles. The zero-order chi connectivity index (χ0) is 42.3. The second-order valence-electron chi connectivity index (χ2n) is 15.7. The monoisotopic (exact) mass is 826 g/mol. The highest BCUT2D eigenvalue weighted by Gasteiger charge is 2.33. The number of anilines is 3. The Kier molecular flexibility index (Phi) is 12.9. The van der Waals surface area contributed by atoms with Crippen molar-refractivity contribution in [3.05, 3.63) is 113 Å². The van der Waals surface area contributed by atoms with E-state index in [1.54, 1.807) is 24.0 Å². The third-order valence-electron chi connectivity index (χ3n) is 11.7. The number of methoxy groups -OCH3 is 2. The van der Waals surface area contributed by atoms with Gasteiger partial charge < -0.3 is 38.7 Å². The van der Waals surface area contributed by atoms with E-state index < -0.39 is 0 Å². The minimum absolute atomic E-state index is 0.0661. The maximum absolute atomic E-state index is 14.2. The second kappa shape index (κ2) is 18.9. The van der Waals surface area contributed by atoms with Gasteiger partial charge in [-0.1, -0.05) is 36.4 Å². The van der Waals surface area contributed by atoms with Gasteiger partial charge in [-0.15, -0.1) is 0 Å². The molecule has 0 bridgehead atoms. The number of likely N-dealkylation sites (N-methyl/N-ethyl adjacent to an activating group) is 2. The molecule has 5 aromatic rings. The summed E-state index contributed by atoms with van der Waals surface area (Å²) in [5.74, 6) is 3.39. The van der Waals surface area contributed by atoms with Crippen LogP contribution in [-0.2, 0) is 30.7 Å². The summed E-state index contributed by atoms with van der Waals surface area (Å²) in [5.41, 5.74) is 6.30. The van der Waals surface area contributed by atoms with Gasteiger partial charge >= 0.3 is 6.03 Å². The molecule has 2 aromatic heterocycles. The molecular formula is C46H54N10O5. The third kappa shape index (κ3) is 9.68. The molecule has 3 aliphatic rings. The van der Waals surface area contributed by atoms with Crippen molar-refractivity contribution in [2.75, 3.05) is 109 Å². The summed E-state index contributed by atoms with van der Waals surface area (Å²) in [6.45, 7) is 7.81. The van der Waals surface area contributed by atoms with Crippen LogP contribution in [0.15, 0.2) is 85.2 Å². The normalized spacial score (nSPS) is 15.4. The Labute approximate surface area is 357 Å². The van der Waals surface area contributed by atoms with Crippen LogP contribution in [0.2, 0.25) is 0 Å². The number of benzene rings is 3. The molecule has 0 radical (unpaired) electrons. The van der Waals surface area contributed by atoms with Gasteiger partial charge in [0.15, 0.2) is 0 Å². The van der Waals surface area contributed by atoms with Crippen molar-refractivity contribution < 1.29 is 23.8 Å². The van der Waals surface area contributed by atoms with Crippen LogP contribution in [0.5, 0.6) is 11.5 Å². The van der Waals surface area contributed by atoms with Gasteiger partial charge in [0.05, 0.1) is 33.1 Å². The first kappa shape index (κ1) is 41.4. The molecule has 318 valence electrons. The predicted octanol–water partition coefficient (Wildman–Crippen LogP) is 5.04. The van der Waals surface area contributed by atoms with E-state index in [0.29, 0.717) is 88.6 Å². The largest absolute Gasteiger partial charge is 0.497 e. The van der Waals surface area contributed by atoms with Gasteiger partial charge in [0, 0.05) is 102 Å². The number of carbonyl (C=O) groups excluding carboxylic acids is 2. The summed E-state index contributed by atoms with van der Waals surface area (Å²) in [7, 11) is 7.23. The Balaban J connectivity index is 1.01. The molecule has 61 heavy (non-hydrogen) atoms. The van der Waals surface area contributed by atoms with E-state index in [1.165, 1.54) is 0 Å². The van der Waals surface area contributed by atoms with E-state index >= 15 is 0 Å². The summed E-state index contributed by atoms with van der Waals surface area (Å²) >= 11 is 0. The number of hydrogen-bond acceptors (Lipinski definition) is 12. The van der Waals surface area contributed by atoms with Crippen LogP contribution in [0.1, 0.15) is 32.6 Å². The fraction of sp³-hybridized carbons (Fsp3) is 0.391. The number of nitrogens with zero attached hydrogens (tertiary/aromatic N) is 10. The molecular weight excluding hydrogens is 773 g/mol. The van der Waals surface area contributed by atoms with Gasteiger partial charge in [-0.05, 0) is 73.0 Å². The number of amides is 3. The van der Waals surface area contributed by atoms with E-state index in [0.717, 1.165) is 71.2 Å². The fourth-order valence-electron chi connectivity index (χ4n) is 7.88. The lowest BCUT2D eigenvalue weighted by Gasteiger charge is -2.32. The standard InChI is InChI=1S/C46H54N10O5/c1-51-21-23-53(24-22-51)43(57)36-11-5-33(6-12-36)17-19-52(2)46(58)56-20-18-40-41(49-45(50-42(40)56)54-25-27-61-28-26-54)37-29-47-44(48-30-37)55(31-34-7-13-38(59-3)14-8-34)32-35-9-15-39(60-4)16-10-35/h5-16,29-30H,17-28,31-32H2,1-4H3. The number of piperazine rings is 1. The molecule has 8 rings (SSSR count). The maximum atomic E-state index is 14.2. The molecule has 3 aliphatic heterocycles. The van der Waals surface area contributed by atoms with Crippen LogP contribution in [-0.4, -0.2) is 140 Å². The smallest absolute Gasteiger partial charge is 0.325 e.